The lowest BCUT2D eigenvalue weighted by atomic mass is 10.1. The number of nitrogens with zero attached hydrogens (tertiary/aromatic N) is 1. The van der Waals surface area contributed by atoms with Crippen molar-refractivity contribution < 1.29 is 17.6 Å². The Hall–Kier alpha value is -2.58. The molecule has 2 aromatic carbocycles. The number of hydrogen-bond donors (Lipinski definition) is 1. The zero-order valence-corrected chi connectivity index (χ0v) is 15.6. The van der Waals surface area contributed by atoms with Gasteiger partial charge in [-0.2, -0.15) is 0 Å². The van der Waals surface area contributed by atoms with Gasteiger partial charge in [-0.05, 0) is 48.9 Å². The molecule has 0 bridgehead atoms. The van der Waals surface area contributed by atoms with E-state index in [0.717, 1.165) is 11.8 Å². The summed E-state index contributed by atoms with van der Waals surface area (Å²) in [7, 11) is -3.41. The van der Waals surface area contributed by atoms with Crippen molar-refractivity contribution in [1.29, 1.82) is 0 Å². The number of anilines is 1. The number of thiazole rings is 1. The Morgan fingerprint density at radius 3 is 2.50 bits per heavy atom. The van der Waals surface area contributed by atoms with Crippen molar-refractivity contribution in [2.75, 3.05) is 11.6 Å². The maximum Gasteiger partial charge on any atom is 0.257 e. The van der Waals surface area contributed by atoms with Crippen LogP contribution in [-0.4, -0.2) is 25.6 Å². The fraction of sp³-hybridized carbons (Fsp3) is 0.111. The summed E-state index contributed by atoms with van der Waals surface area (Å²) in [5, 5.41) is 4.81. The molecule has 0 aliphatic carbocycles. The molecule has 1 amide bonds. The minimum atomic E-state index is -3.41. The van der Waals surface area contributed by atoms with Gasteiger partial charge in [0, 0.05) is 22.8 Å². The van der Waals surface area contributed by atoms with Crippen molar-refractivity contribution in [1.82, 2.24) is 4.98 Å². The number of aromatic nitrogens is 1. The first-order chi connectivity index (χ1) is 12.2. The van der Waals surface area contributed by atoms with Crippen molar-refractivity contribution in [3.63, 3.8) is 0 Å². The Bertz CT molecular complexity index is 1070. The van der Waals surface area contributed by atoms with E-state index in [0.29, 0.717) is 16.4 Å². The molecule has 8 heteroatoms. The molecule has 0 aliphatic heterocycles. The zero-order valence-electron chi connectivity index (χ0n) is 14.0. The predicted molar refractivity (Wildman–Crippen MR) is 99.8 cm³/mol. The molecule has 134 valence electrons. The van der Waals surface area contributed by atoms with E-state index in [1.807, 2.05) is 0 Å². The summed E-state index contributed by atoms with van der Waals surface area (Å²) in [6.45, 7) is 1.73. The van der Waals surface area contributed by atoms with Gasteiger partial charge in [-0.25, -0.2) is 17.8 Å². The van der Waals surface area contributed by atoms with E-state index in [1.165, 1.54) is 35.6 Å². The van der Waals surface area contributed by atoms with Gasteiger partial charge in [0.2, 0.25) is 0 Å². The van der Waals surface area contributed by atoms with E-state index in [4.69, 9.17) is 0 Å². The molecule has 0 fully saturated rings. The predicted octanol–water partition coefficient (Wildman–Crippen LogP) is 3.91. The SMILES string of the molecule is Cc1ccc(S(C)(=O)=O)cc1C(=O)Nc1nc(-c2ccc(F)cc2)cs1. The third kappa shape index (κ3) is 3.97. The van der Waals surface area contributed by atoms with Gasteiger partial charge >= 0.3 is 0 Å². The van der Waals surface area contributed by atoms with E-state index in [9.17, 15) is 17.6 Å². The van der Waals surface area contributed by atoms with Crippen molar-refractivity contribution in [3.05, 3.63) is 64.8 Å². The van der Waals surface area contributed by atoms with Crippen molar-refractivity contribution >= 4 is 32.2 Å². The van der Waals surface area contributed by atoms with Gasteiger partial charge in [0.15, 0.2) is 15.0 Å². The largest absolute Gasteiger partial charge is 0.298 e. The molecule has 0 saturated heterocycles. The standard InChI is InChI=1S/C18H15FN2O3S2/c1-11-3-8-14(26(2,23)24)9-15(11)17(22)21-18-20-16(10-25-18)12-4-6-13(19)7-5-12/h3-10H,1-2H3,(H,20,21,22). The van der Waals surface area contributed by atoms with Gasteiger partial charge in [-0.15, -0.1) is 11.3 Å². The lowest BCUT2D eigenvalue weighted by Gasteiger charge is -2.07. The number of benzene rings is 2. The monoisotopic (exact) mass is 390 g/mol. The molecule has 3 aromatic rings. The first kappa shape index (κ1) is 18.2. The normalized spacial score (nSPS) is 11.3. The number of amides is 1. The van der Waals surface area contributed by atoms with E-state index >= 15 is 0 Å². The minimum absolute atomic E-state index is 0.0828. The number of carbonyl (C=O) groups excluding carboxylic acids is 1. The van der Waals surface area contributed by atoms with E-state index in [2.05, 4.69) is 10.3 Å². The van der Waals surface area contributed by atoms with Crippen LogP contribution in [0.1, 0.15) is 15.9 Å². The van der Waals surface area contributed by atoms with Crippen LogP contribution in [0.15, 0.2) is 52.7 Å². The molecule has 26 heavy (non-hydrogen) atoms. The molecule has 0 aliphatic rings. The second kappa shape index (κ2) is 6.97. The summed E-state index contributed by atoms with van der Waals surface area (Å²) in [5.41, 5.74) is 2.28. The number of hydrogen-bond acceptors (Lipinski definition) is 5. The van der Waals surface area contributed by atoms with Crippen molar-refractivity contribution in [2.24, 2.45) is 0 Å². The number of halogens is 1. The summed E-state index contributed by atoms with van der Waals surface area (Å²) in [6, 6.07) is 10.3. The van der Waals surface area contributed by atoms with Crippen LogP contribution in [0.25, 0.3) is 11.3 Å². The molecular weight excluding hydrogens is 375 g/mol. The molecule has 0 unspecified atom stereocenters. The summed E-state index contributed by atoms with van der Waals surface area (Å²) in [4.78, 5) is 16.9. The topological polar surface area (TPSA) is 76.1 Å². The van der Waals surface area contributed by atoms with E-state index in [-0.39, 0.29) is 16.3 Å². The third-order valence-corrected chi connectivity index (χ3v) is 5.61. The van der Waals surface area contributed by atoms with Gasteiger partial charge in [0.25, 0.3) is 5.91 Å². The van der Waals surface area contributed by atoms with Gasteiger partial charge in [0.1, 0.15) is 5.82 Å². The molecule has 5 nitrogen and oxygen atoms in total. The molecule has 1 N–H and O–H groups in total. The number of nitrogens with one attached hydrogen (secondary N) is 1. The van der Waals surface area contributed by atoms with Crippen LogP contribution >= 0.6 is 11.3 Å². The quantitative estimate of drug-likeness (QED) is 0.733. The van der Waals surface area contributed by atoms with Gasteiger partial charge in [0.05, 0.1) is 10.6 Å². The molecule has 0 saturated carbocycles. The van der Waals surface area contributed by atoms with Crippen LogP contribution < -0.4 is 5.32 Å². The van der Waals surface area contributed by atoms with Crippen LogP contribution in [0.2, 0.25) is 0 Å². The smallest absolute Gasteiger partial charge is 0.257 e. The molecule has 0 spiro atoms. The molecule has 0 atom stereocenters. The van der Waals surface area contributed by atoms with Crippen LogP contribution in [0, 0.1) is 12.7 Å². The van der Waals surface area contributed by atoms with Crippen molar-refractivity contribution in [2.45, 2.75) is 11.8 Å². The lowest BCUT2D eigenvalue weighted by Crippen LogP contribution is -2.14. The highest BCUT2D eigenvalue weighted by Crippen LogP contribution is 2.26. The average Bonchev–Trinajstić information content (AvgIpc) is 3.03. The fourth-order valence-corrected chi connectivity index (χ4v) is 3.69. The zero-order chi connectivity index (χ0) is 18.9. The maximum atomic E-state index is 13.0. The Labute approximate surface area is 154 Å². The molecule has 3 rings (SSSR count). The second-order valence-corrected chi connectivity index (χ2v) is 8.62. The second-order valence-electron chi connectivity index (χ2n) is 5.75. The maximum absolute atomic E-state index is 13.0. The number of sulfone groups is 1. The number of carbonyl (C=O) groups is 1. The third-order valence-electron chi connectivity index (χ3n) is 3.75. The van der Waals surface area contributed by atoms with Crippen LogP contribution in [-0.2, 0) is 9.84 Å². The highest BCUT2D eigenvalue weighted by molar-refractivity contribution is 7.90. The molecule has 1 heterocycles. The first-order valence-corrected chi connectivity index (χ1v) is 10.3. The summed E-state index contributed by atoms with van der Waals surface area (Å²) >= 11 is 1.23. The van der Waals surface area contributed by atoms with Gasteiger partial charge in [-0.3, -0.25) is 10.1 Å². The van der Waals surface area contributed by atoms with E-state index < -0.39 is 15.7 Å². The van der Waals surface area contributed by atoms with Gasteiger partial charge in [-0.1, -0.05) is 6.07 Å². The minimum Gasteiger partial charge on any atom is -0.298 e. The average molecular weight is 390 g/mol. The Balaban J connectivity index is 1.84. The highest BCUT2D eigenvalue weighted by atomic mass is 32.2. The molecule has 0 radical (unpaired) electrons. The number of aryl methyl sites for hydroxylation is 1. The molecular formula is C18H15FN2O3S2. The molecule has 1 aromatic heterocycles. The van der Waals surface area contributed by atoms with Crippen molar-refractivity contribution in [3.8, 4) is 11.3 Å². The van der Waals surface area contributed by atoms with Crippen LogP contribution in [0.4, 0.5) is 9.52 Å². The fourth-order valence-electron chi connectivity index (χ4n) is 2.33. The highest BCUT2D eigenvalue weighted by Gasteiger charge is 2.16. The van der Waals surface area contributed by atoms with Gasteiger partial charge < -0.3 is 0 Å². The Kier molecular flexibility index (Phi) is 4.88. The first-order valence-electron chi connectivity index (χ1n) is 7.57. The Morgan fingerprint density at radius 1 is 1.15 bits per heavy atom. The summed E-state index contributed by atoms with van der Waals surface area (Å²) in [6.07, 6.45) is 1.09. The van der Waals surface area contributed by atoms with Crippen LogP contribution in [0.3, 0.4) is 0 Å². The lowest BCUT2D eigenvalue weighted by molar-refractivity contribution is 0.102. The van der Waals surface area contributed by atoms with E-state index in [1.54, 1.807) is 30.5 Å². The summed E-state index contributed by atoms with van der Waals surface area (Å²) in [5.74, 6) is -0.772. The Morgan fingerprint density at radius 2 is 1.85 bits per heavy atom. The van der Waals surface area contributed by atoms with Crippen LogP contribution in [0.5, 0.6) is 0 Å². The number of rotatable bonds is 4. The summed E-state index contributed by atoms with van der Waals surface area (Å²) < 4.78 is 36.4.